The monoisotopic (exact) mass is 489 g/mol. The summed E-state index contributed by atoms with van der Waals surface area (Å²) in [5.74, 6) is 0.847. The van der Waals surface area contributed by atoms with Crippen LogP contribution in [0.3, 0.4) is 0 Å². The molecule has 1 aliphatic heterocycles. The number of benzene rings is 1. The Morgan fingerprint density at radius 1 is 1.33 bits per heavy atom. The van der Waals surface area contributed by atoms with Gasteiger partial charge in [0.1, 0.15) is 0 Å². The van der Waals surface area contributed by atoms with Gasteiger partial charge in [0.2, 0.25) is 0 Å². The van der Waals surface area contributed by atoms with E-state index in [1.165, 1.54) is 5.56 Å². The molecule has 1 aliphatic rings. The van der Waals surface area contributed by atoms with Gasteiger partial charge in [0.15, 0.2) is 5.96 Å². The first kappa shape index (κ1) is 24.1. The molecule has 154 valence electrons. The van der Waals surface area contributed by atoms with Gasteiger partial charge in [-0.05, 0) is 33.0 Å². The molecule has 0 radical (unpaired) electrons. The highest BCUT2D eigenvalue weighted by Gasteiger charge is 2.17. The Morgan fingerprint density at radius 3 is 2.74 bits per heavy atom. The topological polar surface area (TPSA) is 52.1 Å². The Balaban J connectivity index is 0.00000364. The number of rotatable bonds is 8. The molecule has 0 aliphatic carbocycles. The average molecular weight is 489 g/mol. The lowest BCUT2D eigenvalue weighted by molar-refractivity contribution is -0.0161. The number of nitrogens with one attached hydrogen (secondary N) is 2. The van der Waals surface area contributed by atoms with Crippen LogP contribution in [-0.2, 0) is 11.3 Å². The summed E-state index contributed by atoms with van der Waals surface area (Å²) < 4.78 is 5.78. The summed E-state index contributed by atoms with van der Waals surface area (Å²) >= 11 is 0. The molecule has 1 heterocycles. The lowest BCUT2D eigenvalue weighted by Crippen LogP contribution is -2.48. The number of aliphatic imine (C=N–C) groups is 1. The highest BCUT2D eigenvalue weighted by atomic mass is 127. The lowest BCUT2D eigenvalue weighted by atomic mass is 10.1. The Kier molecular flexibility index (Phi) is 11.9. The second kappa shape index (κ2) is 13.3. The van der Waals surface area contributed by atoms with E-state index in [-0.39, 0.29) is 30.1 Å². The van der Waals surface area contributed by atoms with Crippen LogP contribution in [0.15, 0.2) is 35.3 Å². The van der Waals surface area contributed by atoms with Crippen molar-refractivity contribution in [1.82, 2.24) is 20.4 Å². The summed E-state index contributed by atoms with van der Waals surface area (Å²) in [6.07, 6.45) is 1.29. The van der Waals surface area contributed by atoms with Gasteiger partial charge in [-0.3, -0.25) is 9.89 Å². The quantitative estimate of drug-likeness (QED) is 0.333. The number of ether oxygens (including phenoxy) is 1. The molecule has 1 aromatic carbocycles. The summed E-state index contributed by atoms with van der Waals surface area (Å²) in [7, 11) is 6.13. The predicted molar refractivity (Wildman–Crippen MR) is 124 cm³/mol. The molecule has 0 bridgehead atoms. The molecule has 6 nitrogen and oxygen atoms in total. The molecule has 7 heteroatoms. The van der Waals surface area contributed by atoms with Gasteiger partial charge in [0.05, 0.1) is 12.7 Å². The maximum atomic E-state index is 5.78. The van der Waals surface area contributed by atoms with Crippen molar-refractivity contribution in [3.8, 4) is 0 Å². The number of nitrogens with zero attached hydrogens (tertiary/aromatic N) is 3. The van der Waals surface area contributed by atoms with E-state index in [4.69, 9.17) is 4.74 Å². The third-order valence-corrected chi connectivity index (χ3v) is 4.94. The fourth-order valence-electron chi connectivity index (χ4n) is 3.07. The molecule has 2 unspecified atom stereocenters. The van der Waals surface area contributed by atoms with Crippen molar-refractivity contribution < 1.29 is 4.74 Å². The third-order valence-electron chi connectivity index (χ3n) is 4.94. The molecule has 0 spiro atoms. The van der Waals surface area contributed by atoms with Crippen LogP contribution in [0.2, 0.25) is 0 Å². The standard InChI is InChI=1S/C20H35N5O.HI/c1-17(25(4)15-18-8-6-5-7-9-18)10-11-22-20(21-2)23-14-19-16-24(3)12-13-26-19;/h5-9,17,19H,10-16H2,1-4H3,(H2,21,22,23);1H. The van der Waals surface area contributed by atoms with Crippen LogP contribution < -0.4 is 10.6 Å². The Hall–Kier alpha value is -0.900. The maximum Gasteiger partial charge on any atom is 0.191 e. The largest absolute Gasteiger partial charge is 0.374 e. The zero-order chi connectivity index (χ0) is 18.8. The summed E-state index contributed by atoms with van der Waals surface area (Å²) in [5.41, 5.74) is 1.35. The van der Waals surface area contributed by atoms with Crippen molar-refractivity contribution in [2.75, 3.05) is 53.9 Å². The molecule has 27 heavy (non-hydrogen) atoms. The molecule has 0 saturated carbocycles. The van der Waals surface area contributed by atoms with Crippen molar-refractivity contribution >= 4 is 29.9 Å². The van der Waals surface area contributed by atoms with Crippen LogP contribution >= 0.6 is 24.0 Å². The van der Waals surface area contributed by atoms with Crippen LogP contribution in [0.1, 0.15) is 18.9 Å². The average Bonchev–Trinajstić information content (AvgIpc) is 2.65. The van der Waals surface area contributed by atoms with Gasteiger partial charge in [-0.2, -0.15) is 0 Å². The molecule has 1 saturated heterocycles. The fourth-order valence-corrected chi connectivity index (χ4v) is 3.07. The minimum absolute atomic E-state index is 0. The van der Waals surface area contributed by atoms with E-state index >= 15 is 0 Å². The van der Waals surface area contributed by atoms with Crippen LogP contribution in [0.4, 0.5) is 0 Å². The van der Waals surface area contributed by atoms with Crippen molar-refractivity contribution in [2.45, 2.75) is 32.0 Å². The van der Waals surface area contributed by atoms with E-state index in [1.54, 1.807) is 0 Å². The van der Waals surface area contributed by atoms with E-state index in [9.17, 15) is 0 Å². The first-order chi connectivity index (χ1) is 12.6. The minimum atomic E-state index is 0. The fraction of sp³-hybridized carbons (Fsp3) is 0.650. The Labute approximate surface area is 181 Å². The van der Waals surface area contributed by atoms with Crippen molar-refractivity contribution in [3.05, 3.63) is 35.9 Å². The molecule has 2 rings (SSSR count). The van der Waals surface area contributed by atoms with E-state index < -0.39 is 0 Å². The Bertz CT molecular complexity index is 542. The van der Waals surface area contributed by atoms with Crippen molar-refractivity contribution in [1.29, 1.82) is 0 Å². The molecule has 0 aromatic heterocycles. The molecule has 1 aromatic rings. The van der Waals surface area contributed by atoms with Crippen molar-refractivity contribution in [3.63, 3.8) is 0 Å². The van der Waals surface area contributed by atoms with Crippen LogP contribution in [0.25, 0.3) is 0 Å². The number of halogens is 1. The number of morpholine rings is 1. The van der Waals surface area contributed by atoms with Crippen LogP contribution in [0, 0.1) is 0 Å². The van der Waals surface area contributed by atoms with Crippen molar-refractivity contribution in [2.24, 2.45) is 4.99 Å². The number of likely N-dealkylation sites (N-methyl/N-ethyl adjacent to an activating group) is 1. The third kappa shape index (κ3) is 9.23. The zero-order valence-electron chi connectivity index (χ0n) is 17.1. The highest BCUT2D eigenvalue weighted by molar-refractivity contribution is 14.0. The smallest absolute Gasteiger partial charge is 0.191 e. The first-order valence-electron chi connectivity index (χ1n) is 9.57. The first-order valence-corrected chi connectivity index (χ1v) is 9.57. The second-order valence-corrected chi connectivity index (χ2v) is 7.17. The minimum Gasteiger partial charge on any atom is -0.374 e. The van der Waals surface area contributed by atoms with Gasteiger partial charge in [0, 0.05) is 45.8 Å². The van der Waals surface area contributed by atoms with E-state index in [1.807, 2.05) is 7.05 Å². The summed E-state index contributed by atoms with van der Waals surface area (Å²) in [4.78, 5) is 9.00. The highest BCUT2D eigenvalue weighted by Crippen LogP contribution is 2.08. The Morgan fingerprint density at radius 2 is 2.07 bits per heavy atom. The molecule has 1 fully saturated rings. The van der Waals surface area contributed by atoms with E-state index in [0.29, 0.717) is 6.04 Å². The SMILES string of the molecule is CN=C(NCCC(C)N(C)Cc1ccccc1)NCC1CN(C)CCO1.I. The van der Waals surface area contributed by atoms with E-state index in [2.05, 4.69) is 76.8 Å². The molecular weight excluding hydrogens is 453 g/mol. The van der Waals surface area contributed by atoms with Gasteiger partial charge < -0.3 is 20.3 Å². The predicted octanol–water partition coefficient (Wildman–Crippen LogP) is 2.01. The van der Waals surface area contributed by atoms with Gasteiger partial charge >= 0.3 is 0 Å². The molecule has 0 amide bonds. The molecular formula is C20H36IN5O. The van der Waals surface area contributed by atoms with Crippen LogP contribution in [-0.4, -0.2) is 81.8 Å². The normalized spacial score (nSPS) is 19.4. The van der Waals surface area contributed by atoms with E-state index in [0.717, 1.165) is 51.7 Å². The molecule has 2 atom stereocenters. The summed E-state index contributed by atoms with van der Waals surface area (Å²) in [6.45, 7) is 7.70. The van der Waals surface area contributed by atoms with Gasteiger partial charge in [-0.25, -0.2) is 0 Å². The number of hydrogen-bond donors (Lipinski definition) is 2. The maximum absolute atomic E-state index is 5.78. The van der Waals surface area contributed by atoms with Gasteiger partial charge in [-0.1, -0.05) is 30.3 Å². The molecule has 2 N–H and O–H groups in total. The number of guanidine groups is 1. The van der Waals surface area contributed by atoms with Gasteiger partial charge in [-0.15, -0.1) is 24.0 Å². The van der Waals surface area contributed by atoms with Crippen LogP contribution in [0.5, 0.6) is 0 Å². The van der Waals surface area contributed by atoms with Gasteiger partial charge in [0.25, 0.3) is 0 Å². The second-order valence-electron chi connectivity index (χ2n) is 7.17. The number of hydrogen-bond acceptors (Lipinski definition) is 4. The summed E-state index contributed by atoms with van der Waals surface area (Å²) in [5, 5.41) is 6.79. The lowest BCUT2D eigenvalue weighted by Gasteiger charge is -2.30. The summed E-state index contributed by atoms with van der Waals surface area (Å²) in [6, 6.07) is 11.1. The zero-order valence-corrected chi connectivity index (χ0v) is 19.5.